The molecular formula is C11H14BrF2N. The number of nitrogens with two attached hydrogens (primary N) is 1. The number of hydrogen-bond acceptors (Lipinski definition) is 1. The first-order chi connectivity index (χ1) is 7.06. The minimum atomic E-state index is -0.578. The maximum Gasteiger partial charge on any atom is 0.132 e. The molecule has 0 saturated carbocycles. The van der Waals surface area contributed by atoms with Gasteiger partial charge in [0.15, 0.2) is 0 Å². The Morgan fingerprint density at radius 3 is 2.33 bits per heavy atom. The van der Waals surface area contributed by atoms with Gasteiger partial charge in [0.1, 0.15) is 11.6 Å². The second-order valence-corrected chi connectivity index (χ2v) is 4.45. The van der Waals surface area contributed by atoms with Gasteiger partial charge in [-0.2, -0.15) is 0 Å². The predicted molar refractivity (Wildman–Crippen MR) is 60.5 cm³/mol. The standard InChI is InChI=1S/C11H14BrF2N/c1-2-3-4-10(15)11-8(13)5-7(12)6-9(11)14/h5-6,10H,2-4,15H2,1H3. The Morgan fingerprint density at radius 2 is 1.87 bits per heavy atom. The Hall–Kier alpha value is -0.480. The summed E-state index contributed by atoms with van der Waals surface area (Å²) in [5, 5.41) is 0. The van der Waals surface area contributed by atoms with Gasteiger partial charge in [0.2, 0.25) is 0 Å². The number of benzene rings is 1. The summed E-state index contributed by atoms with van der Waals surface area (Å²) in [7, 11) is 0. The van der Waals surface area contributed by atoms with Gasteiger partial charge in [-0.25, -0.2) is 8.78 Å². The molecule has 0 aliphatic heterocycles. The van der Waals surface area contributed by atoms with Crippen molar-refractivity contribution in [3.63, 3.8) is 0 Å². The lowest BCUT2D eigenvalue weighted by molar-refractivity contribution is 0.501. The van der Waals surface area contributed by atoms with Crippen LogP contribution in [0.15, 0.2) is 16.6 Å². The van der Waals surface area contributed by atoms with Gasteiger partial charge in [0.25, 0.3) is 0 Å². The van der Waals surface area contributed by atoms with Crippen molar-refractivity contribution in [2.45, 2.75) is 32.2 Å². The van der Waals surface area contributed by atoms with E-state index in [4.69, 9.17) is 5.73 Å². The largest absolute Gasteiger partial charge is 0.324 e. The van der Waals surface area contributed by atoms with Crippen LogP contribution in [-0.4, -0.2) is 0 Å². The van der Waals surface area contributed by atoms with Crippen molar-refractivity contribution in [2.75, 3.05) is 0 Å². The molecule has 0 bridgehead atoms. The molecule has 1 unspecified atom stereocenters. The summed E-state index contributed by atoms with van der Waals surface area (Å²) >= 11 is 3.03. The smallest absolute Gasteiger partial charge is 0.132 e. The highest BCUT2D eigenvalue weighted by Crippen LogP contribution is 2.26. The molecule has 15 heavy (non-hydrogen) atoms. The maximum absolute atomic E-state index is 13.4. The third kappa shape index (κ3) is 3.24. The first-order valence-corrected chi connectivity index (χ1v) is 5.75. The maximum atomic E-state index is 13.4. The van der Waals surface area contributed by atoms with E-state index < -0.39 is 17.7 Å². The van der Waals surface area contributed by atoms with E-state index in [9.17, 15) is 8.78 Å². The molecule has 0 aliphatic rings. The highest BCUT2D eigenvalue weighted by Gasteiger charge is 2.16. The fourth-order valence-electron chi connectivity index (χ4n) is 1.48. The van der Waals surface area contributed by atoms with Crippen LogP contribution in [-0.2, 0) is 0 Å². The third-order valence-electron chi connectivity index (χ3n) is 2.28. The fraction of sp³-hybridized carbons (Fsp3) is 0.455. The molecule has 4 heteroatoms. The predicted octanol–water partition coefficient (Wildman–Crippen LogP) is 3.92. The zero-order valence-corrected chi connectivity index (χ0v) is 10.2. The number of hydrogen-bond donors (Lipinski definition) is 1. The van der Waals surface area contributed by atoms with Crippen LogP contribution in [0, 0.1) is 11.6 Å². The van der Waals surface area contributed by atoms with Crippen molar-refractivity contribution in [3.8, 4) is 0 Å². The first kappa shape index (κ1) is 12.6. The molecule has 0 aliphatic carbocycles. The molecule has 84 valence electrons. The monoisotopic (exact) mass is 277 g/mol. The molecule has 1 atom stereocenters. The van der Waals surface area contributed by atoms with Crippen LogP contribution in [0.2, 0.25) is 0 Å². The van der Waals surface area contributed by atoms with E-state index in [0.717, 1.165) is 12.8 Å². The molecule has 0 radical (unpaired) electrons. The summed E-state index contributed by atoms with van der Waals surface area (Å²) in [4.78, 5) is 0. The average molecular weight is 278 g/mol. The summed E-state index contributed by atoms with van der Waals surface area (Å²) in [6.45, 7) is 2.01. The molecule has 1 rings (SSSR count). The minimum absolute atomic E-state index is 0.00773. The zero-order chi connectivity index (χ0) is 11.4. The number of unbranched alkanes of at least 4 members (excludes halogenated alkanes) is 1. The Bertz CT molecular complexity index is 318. The van der Waals surface area contributed by atoms with E-state index in [1.54, 1.807) is 0 Å². The molecular weight excluding hydrogens is 264 g/mol. The molecule has 0 heterocycles. The average Bonchev–Trinajstić information content (AvgIpc) is 2.12. The highest BCUT2D eigenvalue weighted by molar-refractivity contribution is 9.10. The van der Waals surface area contributed by atoms with Gasteiger partial charge in [-0.05, 0) is 18.6 Å². The van der Waals surface area contributed by atoms with E-state index in [1.807, 2.05) is 6.92 Å². The molecule has 0 spiro atoms. The Labute approximate surface area is 96.8 Å². The molecule has 0 fully saturated rings. The normalized spacial score (nSPS) is 12.9. The van der Waals surface area contributed by atoms with Crippen LogP contribution in [0.5, 0.6) is 0 Å². The molecule has 2 N–H and O–H groups in total. The van der Waals surface area contributed by atoms with Gasteiger partial charge in [-0.1, -0.05) is 35.7 Å². The highest BCUT2D eigenvalue weighted by atomic mass is 79.9. The lowest BCUT2D eigenvalue weighted by atomic mass is 10.0. The second kappa shape index (κ2) is 5.56. The third-order valence-corrected chi connectivity index (χ3v) is 2.74. The Balaban J connectivity index is 2.92. The molecule has 1 nitrogen and oxygen atoms in total. The van der Waals surface area contributed by atoms with E-state index in [0.29, 0.717) is 10.9 Å². The van der Waals surface area contributed by atoms with E-state index in [2.05, 4.69) is 15.9 Å². The molecule has 0 aromatic heterocycles. The van der Waals surface area contributed by atoms with Crippen molar-refractivity contribution in [3.05, 3.63) is 33.8 Å². The Morgan fingerprint density at radius 1 is 1.33 bits per heavy atom. The van der Waals surface area contributed by atoms with Gasteiger partial charge < -0.3 is 5.73 Å². The fourth-order valence-corrected chi connectivity index (χ4v) is 1.88. The van der Waals surface area contributed by atoms with Crippen LogP contribution < -0.4 is 5.73 Å². The van der Waals surface area contributed by atoms with Gasteiger partial charge in [-0.15, -0.1) is 0 Å². The molecule has 0 saturated heterocycles. The van der Waals surface area contributed by atoms with Gasteiger partial charge >= 0.3 is 0 Å². The summed E-state index contributed by atoms with van der Waals surface area (Å²) in [5.74, 6) is -1.16. The minimum Gasteiger partial charge on any atom is -0.324 e. The molecule has 0 amide bonds. The van der Waals surface area contributed by atoms with Crippen molar-refractivity contribution < 1.29 is 8.78 Å². The van der Waals surface area contributed by atoms with Gasteiger partial charge in [-0.3, -0.25) is 0 Å². The topological polar surface area (TPSA) is 26.0 Å². The van der Waals surface area contributed by atoms with Crippen LogP contribution in [0.1, 0.15) is 37.8 Å². The van der Waals surface area contributed by atoms with Crippen molar-refractivity contribution in [1.82, 2.24) is 0 Å². The van der Waals surface area contributed by atoms with Crippen LogP contribution >= 0.6 is 15.9 Å². The molecule has 1 aromatic rings. The van der Waals surface area contributed by atoms with Crippen molar-refractivity contribution in [1.29, 1.82) is 0 Å². The lowest BCUT2D eigenvalue weighted by Gasteiger charge is -2.13. The summed E-state index contributed by atoms with van der Waals surface area (Å²) in [6.07, 6.45) is 2.44. The SMILES string of the molecule is CCCCC(N)c1c(F)cc(Br)cc1F. The number of rotatable bonds is 4. The summed E-state index contributed by atoms with van der Waals surface area (Å²) in [5.41, 5.74) is 5.73. The van der Waals surface area contributed by atoms with E-state index >= 15 is 0 Å². The van der Waals surface area contributed by atoms with Gasteiger partial charge in [0, 0.05) is 16.1 Å². The number of halogens is 3. The van der Waals surface area contributed by atoms with Crippen LogP contribution in [0.4, 0.5) is 8.78 Å². The van der Waals surface area contributed by atoms with Crippen LogP contribution in [0.3, 0.4) is 0 Å². The van der Waals surface area contributed by atoms with E-state index in [-0.39, 0.29) is 5.56 Å². The molecule has 1 aromatic carbocycles. The zero-order valence-electron chi connectivity index (χ0n) is 8.56. The van der Waals surface area contributed by atoms with Crippen molar-refractivity contribution in [2.24, 2.45) is 5.73 Å². The summed E-state index contributed by atoms with van der Waals surface area (Å²) in [6, 6.07) is 1.92. The Kier molecular flexibility index (Phi) is 4.67. The lowest BCUT2D eigenvalue weighted by Crippen LogP contribution is -2.14. The quantitative estimate of drug-likeness (QED) is 0.887. The van der Waals surface area contributed by atoms with Crippen molar-refractivity contribution >= 4 is 15.9 Å². The second-order valence-electron chi connectivity index (χ2n) is 3.53. The summed E-state index contributed by atoms with van der Waals surface area (Å²) < 4.78 is 27.3. The van der Waals surface area contributed by atoms with Gasteiger partial charge in [0.05, 0.1) is 0 Å². The van der Waals surface area contributed by atoms with E-state index in [1.165, 1.54) is 12.1 Å². The van der Waals surface area contributed by atoms with Crippen LogP contribution in [0.25, 0.3) is 0 Å². The first-order valence-electron chi connectivity index (χ1n) is 4.96.